The number of hydrogen-bond acceptors (Lipinski definition) is 3. The Hall–Kier alpha value is -0.290. The zero-order chi connectivity index (χ0) is 13.0. The molecule has 2 rings (SSSR count). The summed E-state index contributed by atoms with van der Waals surface area (Å²) < 4.78 is 1.20. The Morgan fingerprint density at radius 3 is 2.44 bits per heavy atom. The van der Waals surface area contributed by atoms with Gasteiger partial charge in [0.25, 0.3) is 0 Å². The lowest BCUT2D eigenvalue weighted by Gasteiger charge is -2.16. The number of hydrogen-bond donors (Lipinski definition) is 1. The summed E-state index contributed by atoms with van der Waals surface area (Å²) in [5, 5.41) is 3.40. The van der Waals surface area contributed by atoms with E-state index in [1.54, 1.807) is 23.1 Å². The molecular weight excluding hydrogens is 326 g/mol. The van der Waals surface area contributed by atoms with Crippen LogP contribution >= 0.6 is 39.0 Å². The maximum Gasteiger partial charge on any atom is 0.0701 e. The molecule has 1 nitrogen and oxygen atoms in total. The smallest absolute Gasteiger partial charge is 0.0701 e. The second-order valence-electron chi connectivity index (χ2n) is 4.02. The van der Waals surface area contributed by atoms with Gasteiger partial charge in [0.15, 0.2) is 0 Å². The van der Waals surface area contributed by atoms with Crippen LogP contribution in [0.25, 0.3) is 0 Å². The quantitative estimate of drug-likeness (QED) is 0.788. The summed E-state index contributed by atoms with van der Waals surface area (Å²) in [5.74, 6) is 0. The van der Waals surface area contributed by atoms with Gasteiger partial charge in [0, 0.05) is 22.2 Å². The molecule has 4 heteroatoms. The molecule has 1 heterocycles. The summed E-state index contributed by atoms with van der Waals surface area (Å²) in [5.41, 5.74) is 1.35. The molecule has 0 spiro atoms. The molecular formula is C14H16BrNS2. The van der Waals surface area contributed by atoms with E-state index in [1.807, 2.05) is 7.05 Å². The number of thioether (sulfide) groups is 1. The van der Waals surface area contributed by atoms with Crippen LogP contribution in [-0.2, 0) is 6.42 Å². The largest absolute Gasteiger partial charge is 0.313 e. The Kier molecular flexibility index (Phi) is 5.30. The monoisotopic (exact) mass is 341 g/mol. The first-order chi connectivity index (χ1) is 8.72. The van der Waals surface area contributed by atoms with Crippen LogP contribution < -0.4 is 5.32 Å². The number of halogens is 1. The Morgan fingerprint density at radius 2 is 1.94 bits per heavy atom. The predicted molar refractivity (Wildman–Crippen MR) is 85.7 cm³/mol. The number of benzene rings is 1. The van der Waals surface area contributed by atoms with Gasteiger partial charge in [0.2, 0.25) is 0 Å². The third-order valence-corrected chi connectivity index (χ3v) is 5.29. The average Bonchev–Trinajstić information content (AvgIpc) is 2.82. The second-order valence-corrected chi connectivity index (χ2v) is 7.45. The fourth-order valence-electron chi connectivity index (χ4n) is 1.89. The van der Waals surface area contributed by atoms with Crippen molar-refractivity contribution < 1.29 is 0 Å². The Morgan fingerprint density at radius 1 is 1.22 bits per heavy atom. The lowest BCUT2D eigenvalue weighted by molar-refractivity contribution is 0.596. The molecule has 1 atom stereocenters. The van der Waals surface area contributed by atoms with Crippen LogP contribution in [0.5, 0.6) is 0 Å². The number of thiophene rings is 1. The van der Waals surface area contributed by atoms with Crippen molar-refractivity contribution in [2.75, 3.05) is 13.3 Å². The molecule has 1 aromatic carbocycles. The first-order valence-corrected chi connectivity index (χ1v) is 8.62. The molecule has 1 unspecified atom stereocenters. The highest BCUT2D eigenvalue weighted by molar-refractivity contribution is 9.11. The molecule has 0 bridgehead atoms. The van der Waals surface area contributed by atoms with Gasteiger partial charge in [-0.3, -0.25) is 0 Å². The Bertz CT molecular complexity index is 493. The third kappa shape index (κ3) is 3.60. The number of likely N-dealkylation sites (N-methyl/N-ethyl adjacent to an activating group) is 1. The van der Waals surface area contributed by atoms with Crippen molar-refractivity contribution in [3.8, 4) is 0 Å². The van der Waals surface area contributed by atoms with Crippen LogP contribution in [0.2, 0.25) is 0 Å². The highest BCUT2D eigenvalue weighted by Gasteiger charge is 2.11. The van der Waals surface area contributed by atoms with Gasteiger partial charge in [-0.25, -0.2) is 0 Å². The maximum atomic E-state index is 3.51. The summed E-state index contributed by atoms with van der Waals surface area (Å²) >= 11 is 7.10. The maximum absolute atomic E-state index is 3.51. The van der Waals surface area contributed by atoms with Crippen molar-refractivity contribution >= 4 is 39.0 Å². The molecule has 0 fully saturated rings. The number of nitrogens with one attached hydrogen (secondary N) is 1. The summed E-state index contributed by atoms with van der Waals surface area (Å²) in [6.07, 6.45) is 3.14. The summed E-state index contributed by atoms with van der Waals surface area (Å²) in [6.45, 7) is 0. The predicted octanol–water partition coefficient (Wildman–Crippen LogP) is 4.74. The van der Waals surface area contributed by atoms with E-state index in [0.717, 1.165) is 6.42 Å². The molecule has 2 aromatic rings. The normalized spacial score (nSPS) is 12.6. The standard InChI is InChI=1S/C14H16BrNS2/c1-16-13(9-12-7-8-14(15)18-12)10-3-5-11(17-2)6-4-10/h3-8,13,16H,9H2,1-2H3. The van der Waals surface area contributed by atoms with Gasteiger partial charge in [0.05, 0.1) is 3.79 Å². The van der Waals surface area contributed by atoms with E-state index in [2.05, 4.69) is 63.9 Å². The first-order valence-electron chi connectivity index (χ1n) is 5.78. The Labute approximate surface area is 125 Å². The summed E-state index contributed by atoms with van der Waals surface area (Å²) in [6, 6.07) is 13.5. The summed E-state index contributed by atoms with van der Waals surface area (Å²) in [7, 11) is 2.02. The van der Waals surface area contributed by atoms with Gasteiger partial charge in [-0.05, 0) is 59.1 Å². The number of rotatable bonds is 5. The van der Waals surface area contributed by atoms with Crippen LogP contribution in [0.15, 0.2) is 45.1 Å². The molecule has 0 saturated carbocycles. The molecule has 18 heavy (non-hydrogen) atoms. The van der Waals surface area contributed by atoms with Gasteiger partial charge >= 0.3 is 0 Å². The van der Waals surface area contributed by atoms with Gasteiger partial charge in [0.1, 0.15) is 0 Å². The molecule has 0 radical (unpaired) electrons. The van der Waals surface area contributed by atoms with Crippen molar-refractivity contribution in [3.05, 3.63) is 50.6 Å². The highest BCUT2D eigenvalue weighted by Crippen LogP contribution is 2.27. The fraction of sp³-hybridized carbons (Fsp3) is 0.286. The zero-order valence-corrected chi connectivity index (χ0v) is 13.7. The van der Waals surface area contributed by atoms with E-state index < -0.39 is 0 Å². The highest BCUT2D eigenvalue weighted by atomic mass is 79.9. The van der Waals surface area contributed by atoms with Crippen molar-refractivity contribution in [1.29, 1.82) is 0 Å². The SMILES string of the molecule is CNC(Cc1ccc(Br)s1)c1ccc(SC)cc1. The lowest BCUT2D eigenvalue weighted by atomic mass is 10.0. The lowest BCUT2D eigenvalue weighted by Crippen LogP contribution is -2.18. The molecule has 0 aliphatic carbocycles. The molecule has 0 amide bonds. The van der Waals surface area contributed by atoms with Crippen LogP contribution in [0.1, 0.15) is 16.5 Å². The third-order valence-electron chi connectivity index (χ3n) is 2.90. The fourth-order valence-corrected chi connectivity index (χ4v) is 3.82. The van der Waals surface area contributed by atoms with Gasteiger partial charge in [-0.2, -0.15) is 0 Å². The van der Waals surface area contributed by atoms with Crippen molar-refractivity contribution in [2.45, 2.75) is 17.4 Å². The van der Waals surface area contributed by atoms with Gasteiger partial charge in [-0.15, -0.1) is 23.1 Å². The van der Waals surface area contributed by atoms with E-state index >= 15 is 0 Å². The zero-order valence-electron chi connectivity index (χ0n) is 10.4. The van der Waals surface area contributed by atoms with Crippen LogP contribution in [0, 0.1) is 0 Å². The summed E-state index contributed by atoms with van der Waals surface area (Å²) in [4.78, 5) is 2.71. The molecule has 96 valence electrons. The van der Waals surface area contributed by atoms with Gasteiger partial charge in [-0.1, -0.05) is 12.1 Å². The molecule has 0 aliphatic heterocycles. The van der Waals surface area contributed by atoms with Crippen molar-refractivity contribution in [2.24, 2.45) is 0 Å². The minimum Gasteiger partial charge on any atom is -0.313 e. The average molecular weight is 342 g/mol. The van der Waals surface area contributed by atoms with E-state index in [-0.39, 0.29) is 0 Å². The van der Waals surface area contributed by atoms with Crippen molar-refractivity contribution in [3.63, 3.8) is 0 Å². The molecule has 1 aromatic heterocycles. The Balaban J connectivity index is 2.12. The van der Waals surface area contributed by atoms with E-state index in [9.17, 15) is 0 Å². The minimum absolute atomic E-state index is 0.381. The molecule has 0 saturated heterocycles. The van der Waals surface area contributed by atoms with Crippen LogP contribution in [-0.4, -0.2) is 13.3 Å². The topological polar surface area (TPSA) is 12.0 Å². The molecule has 0 aliphatic rings. The first kappa shape index (κ1) is 14.1. The minimum atomic E-state index is 0.381. The van der Waals surface area contributed by atoms with Gasteiger partial charge < -0.3 is 5.32 Å². The van der Waals surface area contributed by atoms with Crippen LogP contribution in [0.4, 0.5) is 0 Å². The second kappa shape index (κ2) is 6.75. The van der Waals surface area contributed by atoms with E-state index in [1.165, 1.54) is 19.1 Å². The van der Waals surface area contributed by atoms with Crippen molar-refractivity contribution in [1.82, 2.24) is 5.32 Å². The van der Waals surface area contributed by atoms with Crippen LogP contribution in [0.3, 0.4) is 0 Å². The van der Waals surface area contributed by atoms with E-state index in [4.69, 9.17) is 0 Å². The molecule has 1 N–H and O–H groups in total. The van der Waals surface area contributed by atoms with E-state index in [0.29, 0.717) is 6.04 Å².